The van der Waals surface area contributed by atoms with Crippen LogP contribution in [0.15, 0.2) is 60.8 Å². The second-order valence-electron chi connectivity index (χ2n) is 21.0. The van der Waals surface area contributed by atoms with Crippen LogP contribution in [-0.4, -0.2) is 73.4 Å². The summed E-state index contributed by atoms with van der Waals surface area (Å²) in [6.07, 6.45) is 68.9. The molecule has 0 spiro atoms. The van der Waals surface area contributed by atoms with Gasteiger partial charge in [-0.1, -0.05) is 261 Å². The van der Waals surface area contributed by atoms with Crippen LogP contribution in [0.2, 0.25) is 0 Å². The van der Waals surface area contributed by atoms with E-state index >= 15 is 0 Å². The van der Waals surface area contributed by atoms with E-state index in [-0.39, 0.29) is 19.1 Å². The number of allylic oxidation sites excluding steroid dienone is 9. The zero-order valence-corrected chi connectivity index (χ0v) is 46.9. The summed E-state index contributed by atoms with van der Waals surface area (Å²) in [7, 11) is 1.57. The van der Waals surface area contributed by atoms with Crippen molar-refractivity contribution in [1.29, 1.82) is 0 Å². The molecular weight excluding hydrogens is 876 g/mol. The van der Waals surface area contributed by atoms with Crippen LogP contribution in [-0.2, 0) is 18.4 Å². The summed E-state index contributed by atoms with van der Waals surface area (Å²) >= 11 is 0. The fraction of sp³-hybridized carbons (Fsp3) is 0.817. The molecule has 0 aliphatic rings. The summed E-state index contributed by atoms with van der Waals surface area (Å²) in [5.41, 5.74) is 0. The number of rotatable bonds is 53. The Kier molecular flexibility index (Phi) is 49.8. The summed E-state index contributed by atoms with van der Waals surface area (Å²) in [5.74, 6) is -0.185. The Balaban J connectivity index is 4.22. The molecule has 8 nitrogen and oxygen atoms in total. The highest BCUT2D eigenvalue weighted by atomic mass is 31.2. The SMILES string of the molecule is CC/C=C\C/C=C\C/C=C\C/C=C\CCCCCCCCCCC(=O)NC(COP(=O)(O)OCC[N+](C)(C)C)C(O)/C=C/CCCCCCCCCCCCCCCCCCCCCCCCCC. The number of hydrogen-bond acceptors (Lipinski definition) is 5. The molecule has 9 heteroatoms. The number of quaternary nitrogens is 1. The van der Waals surface area contributed by atoms with Crippen molar-refractivity contribution in [2.24, 2.45) is 0 Å². The van der Waals surface area contributed by atoms with E-state index in [0.29, 0.717) is 17.4 Å². The van der Waals surface area contributed by atoms with Gasteiger partial charge in [-0.05, 0) is 57.8 Å². The van der Waals surface area contributed by atoms with Crippen molar-refractivity contribution in [2.75, 3.05) is 40.9 Å². The number of aliphatic hydroxyl groups is 1. The van der Waals surface area contributed by atoms with Gasteiger partial charge < -0.3 is 19.8 Å². The molecule has 69 heavy (non-hydrogen) atoms. The number of phosphoric ester groups is 1. The molecule has 0 bridgehead atoms. The van der Waals surface area contributed by atoms with Gasteiger partial charge in [-0.15, -0.1) is 0 Å². The van der Waals surface area contributed by atoms with Gasteiger partial charge in [-0.25, -0.2) is 4.57 Å². The molecule has 0 aliphatic carbocycles. The normalized spacial score (nSPS) is 14.4. The zero-order chi connectivity index (χ0) is 50.6. The first-order valence-electron chi connectivity index (χ1n) is 29.2. The van der Waals surface area contributed by atoms with Crippen molar-refractivity contribution in [1.82, 2.24) is 5.32 Å². The summed E-state index contributed by atoms with van der Waals surface area (Å²) in [6.45, 7) is 4.72. The van der Waals surface area contributed by atoms with Gasteiger partial charge in [0.2, 0.25) is 5.91 Å². The lowest BCUT2D eigenvalue weighted by Gasteiger charge is -2.25. The number of hydrogen-bond donors (Lipinski definition) is 3. The predicted octanol–water partition coefficient (Wildman–Crippen LogP) is 17.7. The third kappa shape index (κ3) is 53.8. The molecule has 0 aliphatic heterocycles. The minimum atomic E-state index is -4.35. The third-order valence-electron chi connectivity index (χ3n) is 13.0. The molecule has 3 N–H and O–H groups in total. The average molecular weight is 991 g/mol. The number of phosphoric acid groups is 1. The van der Waals surface area contributed by atoms with Gasteiger partial charge in [0, 0.05) is 6.42 Å². The predicted molar refractivity (Wildman–Crippen MR) is 300 cm³/mol. The molecule has 0 aromatic rings. The number of likely N-dealkylation sites (N-methyl/N-ethyl adjacent to an activating group) is 1. The lowest BCUT2D eigenvalue weighted by Crippen LogP contribution is -2.45. The van der Waals surface area contributed by atoms with E-state index in [1.165, 1.54) is 173 Å². The quantitative estimate of drug-likeness (QED) is 0.0243. The van der Waals surface area contributed by atoms with Crippen LogP contribution in [0.4, 0.5) is 0 Å². The maximum atomic E-state index is 13.0. The van der Waals surface area contributed by atoms with Crippen LogP contribution < -0.4 is 5.32 Å². The monoisotopic (exact) mass is 990 g/mol. The van der Waals surface area contributed by atoms with Gasteiger partial charge in [-0.2, -0.15) is 0 Å². The lowest BCUT2D eigenvalue weighted by atomic mass is 10.0. The van der Waals surface area contributed by atoms with E-state index in [1.807, 2.05) is 27.2 Å². The number of unbranched alkanes of at least 4 members (excludes halogenated alkanes) is 32. The molecule has 3 atom stereocenters. The summed E-state index contributed by atoms with van der Waals surface area (Å²) in [5, 5.41) is 13.9. The van der Waals surface area contributed by atoms with Crippen molar-refractivity contribution < 1.29 is 32.9 Å². The summed E-state index contributed by atoms with van der Waals surface area (Å²) in [4.78, 5) is 23.3. The Morgan fingerprint density at radius 3 is 1.28 bits per heavy atom. The first-order valence-corrected chi connectivity index (χ1v) is 30.7. The van der Waals surface area contributed by atoms with Crippen molar-refractivity contribution in [2.45, 2.75) is 276 Å². The Morgan fingerprint density at radius 2 is 0.870 bits per heavy atom. The molecule has 1 amide bonds. The van der Waals surface area contributed by atoms with E-state index in [4.69, 9.17) is 9.05 Å². The highest BCUT2D eigenvalue weighted by molar-refractivity contribution is 7.47. The fourth-order valence-corrected chi connectivity index (χ4v) is 9.18. The Bertz CT molecular complexity index is 1310. The summed E-state index contributed by atoms with van der Waals surface area (Å²) < 4.78 is 23.7. The number of nitrogens with one attached hydrogen (secondary N) is 1. The molecule has 0 rings (SSSR count). The van der Waals surface area contributed by atoms with Gasteiger partial charge in [0.15, 0.2) is 0 Å². The zero-order valence-electron chi connectivity index (χ0n) is 46.0. The van der Waals surface area contributed by atoms with Gasteiger partial charge in [0.25, 0.3) is 0 Å². The van der Waals surface area contributed by atoms with Gasteiger partial charge in [0.05, 0.1) is 39.9 Å². The number of aliphatic hydroxyl groups excluding tert-OH is 1. The Morgan fingerprint density at radius 1 is 0.507 bits per heavy atom. The van der Waals surface area contributed by atoms with Crippen LogP contribution in [0.3, 0.4) is 0 Å². The van der Waals surface area contributed by atoms with Gasteiger partial charge >= 0.3 is 7.82 Å². The molecule has 0 fully saturated rings. The van der Waals surface area contributed by atoms with Crippen molar-refractivity contribution in [3.8, 4) is 0 Å². The van der Waals surface area contributed by atoms with Crippen molar-refractivity contribution >= 4 is 13.7 Å². The highest BCUT2D eigenvalue weighted by Gasteiger charge is 2.27. The number of nitrogens with zero attached hydrogens (tertiary/aromatic N) is 1. The van der Waals surface area contributed by atoms with Crippen LogP contribution >= 0.6 is 7.82 Å². The van der Waals surface area contributed by atoms with Crippen LogP contribution in [0.25, 0.3) is 0 Å². The number of amides is 1. The summed E-state index contributed by atoms with van der Waals surface area (Å²) in [6, 6.07) is -0.855. The van der Waals surface area contributed by atoms with Crippen LogP contribution in [0.5, 0.6) is 0 Å². The minimum Gasteiger partial charge on any atom is -0.387 e. The van der Waals surface area contributed by atoms with Crippen molar-refractivity contribution in [3.63, 3.8) is 0 Å². The first kappa shape index (κ1) is 67.2. The Hall–Kier alpha value is -1.80. The van der Waals surface area contributed by atoms with Gasteiger partial charge in [-0.3, -0.25) is 13.8 Å². The smallest absolute Gasteiger partial charge is 0.387 e. The molecule has 0 saturated heterocycles. The molecular formula is C60H114N2O6P+. The van der Waals surface area contributed by atoms with Gasteiger partial charge in [0.1, 0.15) is 13.2 Å². The second-order valence-corrected chi connectivity index (χ2v) is 22.4. The maximum absolute atomic E-state index is 13.0. The fourth-order valence-electron chi connectivity index (χ4n) is 8.45. The Labute approximate surface area is 428 Å². The number of carbonyl (C=O) groups excluding carboxylic acids is 1. The molecule has 0 saturated carbocycles. The molecule has 3 unspecified atom stereocenters. The minimum absolute atomic E-state index is 0.0579. The highest BCUT2D eigenvalue weighted by Crippen LogP contribution is 2.43. The molecule has 0 aromatic carbocycles. The van der Waals surface area contributed by atoms with E-state index in [2.05, 4.69) is 67.8 Å². The van der Waals surface area contributed by atoms with E-state index in [9.17, 15) is 19.4 Å². The lowest BCUT2D eigenvalue weighted by molar-refractivity contribution is -0.870. The maximum Gasteiger partial charge on any atom is 0.472 e. The molecule has 0 radical (unpaired) electrons. The molecule has 404 valence electrons. The average Bonchev–Trinajstić information content (AvgIpc) is 3.31. The third-order valence-corrected chi connectivity index (χ3v) is 14.0. The van der Waals surface area contributed by atoms with Crippen LogP contribution in [0.1, 0.15) is 264 Å². The van der Waals surface area contributed by atoms with E-state index in [1.54, 1.807) is 6.08 Å². The van der Waals surface area contributed by atoms with E-state index < -0.39 is 20.0 Å². The van der Waals surface area contributed by atoms with Crippen LogP contribution in [0, 0.1) is 0 Å². The van der Waals surface area contributed by atoms with E-state index in [0.717, 1.165) is 70.6 Å². The molecule has 0 heterocycles. The first-order chi connectivity index (χ1) is 33.5. The van der Waals surface area contributed by atoms with Crippen molar-refractivity contribution in [3.05, 3.63) is 60.8 Å². The molecule has 0 aromatic heterocycles. The topological polar surface area (TPSA) is 105 Å². The largest absolute Gasteiger partial charge is 0.472 e. The standard InChI is InChI=1S/C60H113N2O6P/c1-6-8-10-12-14-16-18-20-22-24-26-28-29-30-31-32-34-35-37-39-41-43-45-47-49-51-53-59(63)58(57-68-69(65,66)67-56-55-62(3,4)5)61-60(64)54-52-50-48-46-44-42-40-38-36-33-27-25-23-21-19-17-15-13-11-9-7-2/h9,11,15,17,21,23,27,33,51,53,58-59,63H,6-8,10,12-14,16,18-20,22,24-26,28-32,34-50,52,54-57H2,1-5H3,(H-,61,64,65,66)/p+1/b11-9-,17-15-,23-21-,33-27-,53-51+. The number of carbonyl (C=O) groups is 1. The second kappa shape index (κ2) is 51.1.